The highest BCUT2D eigenvalue weighted by Gasteiger charge is 2.56. The van der Waals surface area contributed by atoms with Gasteiger partial charge in [-0.05, 0) is 43.4 Å². The van der Waals surface area contributed by atoms with E-state index in [-0.39, 0.29) is 5.60 Å². The third kappa shape index (κ3) is 1.33. The van der Waals surface area contributed by atoms with Crippen molar-refractivity contribution in [2.24, 2.45) is 17.3 Å². The molecule has 13 heavy (non-hydrogen) atoms. The molecule has 0 heterocycles. The molecule has 73 valence electrons. The smallest absolute Gasteiger partial charge is 0.429 e. The molecule has 2 unspecified atom stereocenters. The van der Waals surface area contributed by atoms with E-state index in [4.69, 9.17) is 9.68 Å². The first-order valence-electron chi connectivity index (χ1n) is 5.12. The van der Waals surface area contributed by atoms with Crippen LogP contribution in [0.15, 0.2) is 0 Å². The second-order valence-electron chi connectivity index (χ2n) is 5.53. The Kier molecular flexibility index (Phi) is 2.01. The highest BCUT2D eigenvalue weighted by molar-refractivity contribution is 6.16. The van der Waals surface area contributed by atoms with Crippen LogP contribution in [0.2, 0.25) is 0 Å². The van der Waals surface area contributed by atoms with Gasteiger partial charge in [-0.1, -0.05) is 13.8 Å². The third-order valence-electron chi connectivity index (χ3n) is 4.37. The molecule has 2 nitrogen and oxygen atoms in total. The molecule has 0 aliphatic heterocycles. The first-order valence-corrected chi connectivity index (χ1v) is 5.12. The summed E-state index contributed by atoms with van der Waals surface area (Å²) in [7, 11) is 0.859. The van der Waals surface area contributed by atoms with Crippen molar-refractivity contribution in [3.8, 4) is 0 Å². The van der Waals surface area contributed by atoms with Crippen molar-refractivity contribution in [2.75, 3.05) is 0 Å². The summed E-state index contributed by atoms with van der Waals surface area (Å²) < 4.78 is 5.30. The predicted molar refractivity (Wildman–Crippen MR) is 52.1 cm³/mol. The van der Waals surface area contributed by atoms with E-state index in [1.165, 1.54) is 6.42 Å². The van der Waals surface area contributed by atoms with Gasteiger partial charge in [0.15, 0.2) is 0 Å². The summed E-state index contributed by atoms with van der Waals surface area (Å²) in [4.78, 5) is 0. The summed E-state index contributed by atoms with van der Waals surface area (Å²) in [5, 5.41) is 8.67. The van der Waals surface area contributed by atoms with Gasteiger partial charge in [0.25, 0.3) is 0 Å². The summed E-state index contributed by atoms with van der Waals surface area (Å²) in [6, 6.07) is 0. The molecule has 3 atom stereocenters. The maximum absolute atomic E-state index is 8.67. The largest absolute Gasteiger partial charge is 0.485 e. The minimum Gasteiger partial charge on any atom is -0.429 e. The topological polar surface area (TPSA) is 29.5 Å². The summed E-state index contributed by atoms with van der Waals surface area (Å²) in [5.74, 6) is 1.58. The van der Waals surface area contributed by atoms with Gasteiger partial charge in [0.05, 0.1) is 5.60 Å². The van der Waals surface area contributed by atoms with Crippen LogP contribution in [0.4, 0.5) is 0 Å². The maximum atomic E-state index is 8.67. The van der Waals surface area contributed by atoms with Crippen LogP contribution in [0.1, 0.15) is 40.0 Å². The molecule has 0 spiro atoms. The van der Waals surface area contributed by atoms with Gasteiger partial charge >= 0.3 is 7.69 Å². The van der Waals surface area contributed by atoms with Crippen LogP contribution >= 0.6 is 0 Å². The molecular weight excluding hydrogens is 163 g/mol. The second-order valence-corrected chi connectivity index (χ2v) is 5.53. The summed E-state index contributed by atoms with van der Waals surface area (Å²) >= 11 is 0. The van der Waals surface area contributed by atoms with Crippen molar-refractivity contribution in [3.05, 3.63) is 0 Å². The average Bonchev–Trinajstić information content (AvgIpc) is 2.04. The van der Waals surface area contributed by atoms with Gasteiger partial charge in [-0.3, -0.25) is 0 Å². The van der Waals surface area contributed by atoms with E-state index >= 15 is 0 Å². The van der Waals surface area contributed by atoms with Gasteiger partial charge in [0.2, 0.25) is 0 Å². The Hall–Kier alpha value is -0.0151. The lowest BCUT2D eigenvalue weighted by molar-refractivity contribution is -0.150. The Morgan fingerprint density at radius 1 is 1.23 bits per heavy atom. The zero-order valence-corrected chi connectivity index (χ0v) is 8.71. The zero-order chi connectivity index (χ0) is 9.69. The van der Waals surface area contributed by atoms with Crippen molar-refractivity contribution in [1.29, 1.82) is 0 Å². The minimum absolute atomic E-state index is 0.0994. The molecule has 0 aromatic carbocycles. The molecule has 0 aromatic rings. The molecule has 0 saturated heterocycles. The Balaban J connectivity index is 2.03. The average molecular weight is 181 g/mol. The van der Waals surface area contributed by atoms with Crippen LogP contribution in [0.3, 0.4) is 0 Å². The molecule has 3 saturated carbocycles. The standard InChI is InChI=1S/C10H18BO2/c1-9(2)7-4-8(9)6-10(3,5-7)13-11-12/h7-8,12H,4-6H2,1-3H3/t7-,8?,10?/m1/s1. The van der Waals surface area contributed by atoms with E-state index in [0.717, 1.165) is 32.4 Å². The van der Waals surface area contributed by atoms with Gasteiger partial charge in [0.1, 0.15) is 0 Å². The van der Waals surface area contributed by atoms with Crippen LogP contribution in [-0.2, 0) is 4.65 Å². The maximum Gasteiger partial charge on any atom is 0.485 e. The van der Waals surface area contributed by atoms with E-state index in [1.807, 2.05) is 0 Å². The molecule has 0 aromatic heterocycles. The quantitative estimate of drug-likeness (QED) is 0.657. The normalized spacial score (nSPS) is 46.8. The number of fused-ring (bicyclic) bond motifs is 2. The van der Waals surface area contributed by atoms with Gasteiger partial charge in [-0.15, -0.1) is 0 Å². The van der Waals surface area contributed by atoms with Crippen LogP contribution in [0.25, 0.3) is 0 Å². The van der Waals surface area contributed by atoms with Crippen molar-refractivity contribution in [3.63, 3.8) is 0 Å². The van der Waals surface area contributed by atoms with E-state index in [9.17, 15) is 0 Å². The Morgan fingerprint density at radius 2 is 1.77 bits per heavy atom. The SMILES string of the molecule is CC1(O[B]O)CC2C[C@H](C1)C2(C)C. The van der Waals surface area contributed by atoms with Crippen LogP contribution in [0, 0.1) is 17.3 Å². The van der Waals surface area contributed by atoms with Crippen molar-refractivity contribution in [1.82, 2.24) is 0 Å². The molecule has 1 N–H and O–H groups in total. The van der Waals surface area contributed by atoms with Gasteiger partial charge in [-0.25, -0.2) is 0 Å². The fourth-order valence-corrected chi connectivity index (χ4v) is 3.17. The number of hydrogen-bond donors (Lipinski definition) is 1. The summed E-state index contributed by atoms with van der Waals surface area (Å²) in [5.41, 5.74) is 0.413. The zero-order valence-electron chi connectivity index (χ0n) is 8.71. The lowest BCUT2D eigenvalue weighted by atomic mass is 9.46. The molecule has 3 fully saturated rings. The van der Waals surface area contributed by atoms with E-state index < -0.39 is 0 Å². The Bertz CT molecular complexity index is 201. The summed E-state index contributed by atoms with van der Waals surface area (Å²) in [6.07, 6.45) is 3.54. The number of rotatable bonds is 2. The van der Waals surface area contributed by atoms with Gasteiger partial charge < -0.3 is 9.68 Å². The van der Waals surface area contributed by atoms with E-state index in [0.29, 0.717) is 5.41 Å². The molecule has 2 bridgehead atoms. The molecule has 3 aliphatic carbocycles. The van der Waals surface area contributed by atoms with Gasteiger partial charge in [-0.2, -0.15) is 0 Å². The van der Waals surface area contributed by atoms with Crippen molar-refractivity contribution >= 4 is 7.69 Å². The summed E-state index contributed by atoms with van der Waals surface area (Å²) in [6.45, 7) is 6.82. The Morgan fingerprint density at radius 3 is 2.15 bits per heavy atom. The lowest BCUT2D eigenvalue weighted by Gasteiger charge is -2.61. The van der Waals surface area contributed by atoms with Crippen molar-refractivity contribution in [2.45, 2.75) is 45.6 Å². The first-order chi connectivity index (χ1) is 5.98. The fourth-order valence-electron chi connectivity index (χ4n) is 3.17. The van der Waals surface area contributed by atoms with E-state index in [1.54, 1.807) is 0 Å². The van der Waals surface area contributed by atoms with Crippen LogP contribution < -0.4 is 0 Å². The van der Waals surface area contributed by atoms with Gasteiger partial charge in [0, 0.05) is 0 Å². The minimum atomic E-state index is -0.0994. The molecule has 1 radical (unpaired) electrons. The predicted octanol–water partition coefficient (Wildman–Crippen LogP) is 1.74. The monoisotopic (exact) mass is 181 g/mol. The van der Waals surface area contributed by atoms with E-state index in [2.05, 4.69) is 20.8 Å². The molecule has 3 heteroatoms. The lowest BCUT2D eigenvalue weighted by Crippen LogP contribution is -2.57. The molecular formula is C10H18BO2. The van der Waals surface area contributed by atoms with Crippen molar-refractivity contribution < 1.29 is 9.68 Å². The fraction of sp³-hybridized carbons (Fsp3) is 1.00. The first kappa shape index (κ1) is 9.54. The Labute approximate surface area is 81.0 Å². The molecule has 3 rings (SSSR count). The molecule has 3 aliphatic rings. The van der Waals surface area contributed by atoms with Crippen LogP contribution in [0.5, 0.6) is 0 Å². The number of hydrogen-bond acceptors (Lipinski definition) is 2. The molecule has 0 amide bonds. The second kappa shape index (κ2) is 2.74. The third-order valence-corrected chi connectivity index (χ3v) is 4.37. The highest BCUT2D eigenvalue weighted by atomic mass is 16.5. The van der Waals surface area contributed by atoms with Crippen LogP contribution in [-0.4, -0.2) is 18.3 Å². The highest BCUT2D eigenvalue weighted by Crippen LogP contribution is 2.62.